The molecule has 0 bridgehead atoms. The molecule has 0 radical (unpaired) electrons. The molecule has 1 fully saturated rings. The van der Waals surface area contributed by atoms with E-state index in [1.165, 1.54) is 11.3 Å². The number of rotatable bonds is 8. The van der Waals surface area contributed by atoms with Crippen LogP contribution >= 0.6 is 11.3 Å². The molecule has 7 nitrogen and oxygen atoms in total. The molecule has 3 aromatic rings. The fraction of sp³-hybridized carbons (Fsp3) is 0.391. The first-order valence-electron chi connectivity index (χ1n) is 10.5. The number of hydrogen-bond donors (Lipinski definition) is 0. The molecule has 1 aromatic carbocycles. The Labute approximate surface area is 186 Å². The molecule has 31 heavy (non-hydrogen) atoms. The molecule has 0 N–H and O–H groups in total. The Hall–Kier alpha value is -2.68. The minimum Gasteiger partial charge on any atom is -0.383 e. The first kappa shape index (κ1) is 21.5. The first-order valence-corrected chi connectivity index (χ1v) is 11.3. The van der Waals surface area contributed by atoms with Crippen LogP contribution in [0.4, 0.5) is 5.88 Å². The van der Waals surface area contributed by atoms with Gasteiger partial charge < -0.3 is 24.0 Å². The summed E-state index contributed by atoms with van der Waals surface area (Å²) in [5.41, 5.74) is 2.71. The van der Waals surface area contributed by atoms with Gasteiger partial charge in [0.15, 0.2) is 0 Å². The van der Waals surface area contributed by atoms with Gasteiger partial charge in [0.1, 0.15) is 5.69 Å². The zero-order valence-electron chi connectivity index (χ0n) is 18.0. The Kier molecular flexibility index (Phi) is 7.01. The molecule has 164 valence electrons. The largest absolute Gasteiger partial charge is 0.383 e. The number of likely N-dealkylation sites (N-methyl/N-ethyl adjacent to an activating group) is 1. The third-order valence-electron chi connectivity index (χ3n) is 5.54. The lowest BCUT2D eigenvalue weighted by Gasteiger charge is -2.33. The van der Waals surface area contributed by atoms with Crippen molar-refractivity contribution < 1.29 is 14.1 Å². The number of amides is 1. The second-order valence-electron chi connectivity index (χ2n) is 7.67. The summed E-state index contributed by atoms with van der Waals surface area (Å²) in [5, 5.41) is 6.36. The van der Waals surface area contributed by atoms with E-state index in [0.29, 0.717) is 19.7 Å². The van der Waals surface area contributed by atoms with E-state index >= 15 is 0 Å². The highest BCUT2D eigenvalue weighted by atomic mass is 32.1. The summed E-state index contributed by atoms with van der Waals surface area (Å²) < 4.78 is 11.2. The minimum absolute atomic E-state index is 0.00316. The molecule has 0 spiro atoms. The molecule has 3 heterocycles. The summed E-state index contributed by atoms with van der Waals surface area (Å²) in [6, 6.07) is 13.8. The zero-order chi connectivity index (χ0) is 21.6. The second-order valence-corrected chi connectivity index (χ2v) is 8.62. The van der Waals surface area contributed by atoms with Crippen LogP contribution in [0.1, 0.15) is 15.2 Å². The Morgan fingerprint density at radius 1 is 1.16 bits per heavy atom. The number of anilines is 1. The number of thiophene rings is 1. The van der Waals surface area contributed by atoms with Crippen LogP contribution < -0.4 is 4.90 Å². The van der Waals surface area contributed by atoms with E-state index in [1.54, 1.807) is 7.11 Å². The minimum atomic E-state index is -0.00316. The van der Waals surface area contributed by atoms with Crippen LogP contribution in [-0.4, -0.2) is 74.4 Å². The average molecular weight is 441 g/mol. The maximum atomic E-state index is 13.2. The van der Waals surface area contributed by atoms with Gasteiger partial charge in [-0.25, -0.2) is 0 Å². The van der Waals surface area contributed by atoms with E-state index in [2.05, 4.69) is 22.0 Å². The van der Waals surface area contributed by atoms with Gasteiger partial charge in [-0.3, -0.25) is 4.79 Å². The molecule has 8 heteroatoms. The normalized spacial score (nSPS) is 14.7. The lowest BCUT2D eigenvalue weighted by atomic mass is 10.1. The van der Waals surface area contributed by atoms with Crippen molar-refractivity contribution in [2.45, 2.75) is 6.54 Å². The molecule has 1 aliphatic rings. The molecule has 0 saturated carbocycles. The van der Waals surface area contributed by atoms with Gasteiger partial charge in [-0.2, -0.15) is 0 Å². The number of aromatic nitrogens is 1. The average Bonchev–Trinajstić information content (AvgIpc) is 3.48. The number of hydrogen-bond acceptors (Lipinski definition) is 7. The van der Waals surface area contributed by atoms with Gasteiger partial charge in [0, 0.05) is 45.4 Å². The van der Waals surface area contributed by atoms with Crippen molar-refractivity contribution in [3.8, 4) is 11.3 Å². The second kappa shape index (κ2) is 10.1. The van der Waals surface area contributed by atoms with Gasteiger partial charge in [-0.15, -0.1) is 11.3 Å². The lowest BCUT2D eigenvalue weighted by molar-refractivity contribution is 0.0685. The van der Waals surface area contributed by atoms with Crippen molar-refractivity contribution in [1.82, 2.24) is 15.0 Å². The van der Waals surface area contributed by atoms with Gasteiger partial charge in [0.2, 0.25) is 5.88 Å². The zero-order valence-corrected chi connectivity index (χ0v) is 18.8. The molecule has 1 amide bonds. The van der Waals surface area contributed by atoms with E-state index < -0.39 is 0 Å². The van der Waals surface area contributed by atoms with Crippen molar-refractivity contribution in [2.75, 3.05) is 58.4 Å². The quantitative estimate of drug-likeness (QED) is 0.535. The predicted octanol–water partition coefficient (Wildman–Crippen LogP) is 3.44. The molecular weight excluding hydrogens is 412 g/mol. The van der Waals surface area contributed by atoms with Gasteiger partial charge >= 0.3 is 0 Å². The molecule has 0 aliphatic carbocycles. The maximum absolute atomic E-state index is 13.2. The lowest BCUT2D eigenvalue weighted by Crippen LogP contribution is -2.45. The third kappa shape index (κ3) is 4.98. The highest BCUT2D eigenvalue weighted by Crippen LogP contribution is 2.33. The number of nitrogens with zero attached hydrogens (tertiary/aromatic N) is 4. The van der Waals surface area contributed by atoms with E-state index in [1.807, 2.05) is 52.7 Å². The first-order chi connectivity index (χ1) is 15.2. The fourth-order valence-electron chi connectivity index (χ4n) is 3.72. The van der Waals surface area contributed by atoms with Crippen molar-refractivity contribution in [3.63, 3.8) is 0 Å². The number of methoxy groups -OCH3 is 1. The smallest absolute Gasteiger partial charge is 0.264 e. The molecule has 0 atom stereocenters. The number of benzene rings is 1. The van der Waals surface area contributed by atoms with Crippen molar-refractivity contribution in [1.29, 1.82) is 0 Å². The molecular formula is C23H28N4O3S. The summed E-state index contributed by atoms with van der Waals surface area (Å²) in [7, 11) is 3.78. The standard InChI is InChI=1S/C23H28N4O3S/c1-25-10-12-26(13-11-25)23-19(21(24-30-23)18-7-4-3-5-8-18)17-27(14-15-29-2)22(28)20-9-6-16-31-20/h3-9,16H,10-15,17H2,1-2H3. The Morgan fingerprint density at radius 2 is 1.94 bits per heavy atom. The number of carbonyl (C=O) groups excluding carboxylic acids is 1. The van der Waals surface area contributed by atoms with Crippen molar-refractivity contribution in [2.24, 2.45) is 0 Å². The summed E-state index contributed by atoms with van der Waals surface area (Å²) in [5.74, 6) is 0.755. The highest BCUT2D eigenvalue weighted by Gasteiger charge is 2.28. The summed E-state index contributed by atoms with van der Waals surface area (Å²) in [4.78, 5) is 20.3. The van der Waals surface area contributed by atoms with Crippen LogP contribution in [0, 0.1) is 0 Å². The highest BCUT2D eigenvalue weighted by molar-refractivity contribution is 7.12. The van der Waals surface area contributed by atoms with Crippen LogP contribution in [-0.2, 0) is 11.3 Å². The summed E-state index contributed by atoms with van der Waals surface area (Å²) in [6.07, 6.45) is 0. The van der Waals surface area contributed by atoms with E-state index in [9.17, 15) is 4.79 Å². The van der Waals surface area contributed by atoms with E-state index in [0.717, 1.165) is 53.8 Å². The van der Waals surface area contributed by atoms with Crippen LogP contribution in [0.2, 0.25) is 0 Å². The number of carbonyl (C=O) groups is 1. The van der Waals surface area contributed by atoms with Crippen LogP contribution in [0.5, 0.6) is 0 Å². The number of ether oxygens (including phenoxy) is 1. The SMILES string of the molecule is COCCN(Cc1c(-c2ccccc2)noc1N1CCN(C)CC1)C(=O)c1cccs1. The molecule has 4 rings (SSSR count). The maximum Gasteiger partial charge on any atom is 0.264 e. The summed E-state index contributed by atoms with van der Waals surface area (Å²) in [6.45, 7) is 5.02. The molecule has 1 aliphatic heterocycles. The monoisotopic (exact) mass is 440 g/mol. The Balaban J connectivity index is 1.69. The molecule has 0 unspecified atom stereocenters. The van der Waals surface area contributed by atoms with E-state index in [4.69, 9.17) is 9.26 Å². The van der Waals surface area contributed by atoms with Gasteiger partial charge in [0.25, 0.3) is 5.91 Å². The Morgan fingerprint density at radius 3 is 2.61 bits per heavy atom. The summed E-state index contributed by atoms with van der Waals surface area (Å²) >= 11 is 1.45. The third-order valence-corrected chi connectivity index (χ3v) is 6.40. The van der Waals surface area contributed by atoms with Gasteiger partial charge in [-0.05, 0) is 18.5 Å². The van der Waals surface area contributed by atoms with Gasteiger partial charge in [-0.1, -0.05) is 41.6 Å². The van der Waals surface area contributed by atoms with E-state index in [-0.39, 0.29) is 5.91 Å². The van der Waals surface area contributed by atoms with Gasteiger partial charge in [0.05, 0.1) is 23.6 Å². The predicted molar refractivity (Wildman–Crippen MR) is 123 cm³/mol. The van der Waals surface area contributed by atoms with Crippen LogP contribution in [0.3, 0.4) is 0 Å². The van der Waals surface area contributed by atoms with Crippen LogP contribution in [0.25, 0.3) is 11.3 Å². The number of piperazine rings is 1. The van der Waals surface area contributed by atoms with Crippen molar-refractivity contribution in [3.05, 3.63) is 58.3 Å². The van der Waals surface area contributed by atoms with Crippen LogP contribution in [0.15, 0.2) is 52.4 Å². The Bertz CT molecular complexity index is 966. The fourth-order valence-corrected chi connectivity index (χ4v) is 4.42. The molecule has 2 aromatic heterocycles. The van der Waals surface area contributed by atoms with Crippen molar-refractivity contribution >= 4 is 23.1 Å². The topological polar surface area (TPSA) is 62.1 Å². The molecule has 1 saturated heterocycles.